The van der Waals surface area contributed by atoms with Gasteiger partial charge in [-0.3, -0.25) is 4.79 Å². The summed E-state index contributed by atoms with van der Waals surface area (Å²) in [6, 6.07) is 6.28. The number of nitrogens with one attached hydrogen (secondary N) is 2. The third kappa shape index (κ3) is 6.67. The molecule has 1 fully saturated rings. The molecule has 0 spiro atoms. The first kappa shape index (κ1) is 19.5. The summed E-state index contributed by atoms with van der Waals surface area (Å²) in [4.78, 5) is 11.9. The van der Waals surface area contributed by atoms with Gasteiger partial charge in [-0.15, -0.1) is 12.4 Å². The summed E-state index contributed by atoms with van der Waals surface area (Å²) in [6.07, 6.45) is 5.04. The topological polar surface area (TPSA) is 41.1 Å². The zero-order chi connectivity index (χ0) is 15.1. The SMILES string of the molecule is Cc1cc(CCC(=O)NCCC2CCCNC2)ccc1Br.Cl. The molecule has 0 aliphatic carbocycles. The van der Waals surface area contributed by atoms with Crippen LogP contribution in [0.3, 0.4) is 0 Å². The lowest BCUT2D eigenvalue weighted by Gasteiger charge is -2.22. The van der Waals surface area contributed by atoms with Crippen molar-refractivity contribution >= 4 is 34.2 Å². The summed E-state index contributed by atoms with van der Waals surface area (Å²) in [5.74, 6) is 0.896. The van der Waals surface area contributed by atoms with Gasteiger partial charge in [0.1, 0.15) is 0 Å². The van der Waals surface area contributed by atoms with E-state index < -0.39 is 0 Å². The summed E-state index contributed by atoms with van der Waals surface area (Å²) in [7, 11) is 0. The van der Waals surface area contributed by atoms with E-state index >= 15 is 0 Å². The quantitative estimate of drug-likeness (QED) is 0.780. The highest BCUT2D eigenvalue weighted by Crippen LogP contribution is 2.18. The fourth-order valence-corrected chi connectivity index (χ4v) is 3.04. The normalized spacial score (nSPS) is 17.6. The first-order chi connectivity index (χ1) is 10.1. The Bertz CT molecular complexity index is 476. The number of aryl methyl sites for hydroxylation is 2. The molecule has 1 aliphatic heterocycles. The fourth-order valence-electron chi connectivity index (χ4n) is 2.79. The Morgan fingerprint density at radius 3 is 2.95 bits per heavy atom. The molecular weight excluding hydrogens is 364 g/mol. The third-order valence-electron chi connectivity index (χ3n) is 4.14. The van der Waals surface area contributed by atoms with Crippen LogP contribution in [-0.4, -0.2) is 25.5 Å². The highest BCUT2D eigenvalue weighted by atomic mass is 79.9. The molecule has 5 heteroatoms. The molecule has 2 N–H and O–H groups in total. The molecule has 1 unspecified atom stereocenters. The Morgan fingerprint density at radius 1 is 1.45 bits per heavy atom. The monoisotopic (exact) mass is 388 g/mol. The Hall–Kier alpha value is -0.580. The van der Waals surface area contributed by atoms with E-state index in [9.17, 15) is 4.79 Å². The summed E-state index contributed by atoms with van der Waals surface area (Å²) < 4.78 is 1.12. The number of halogens is 2. The first-order valence-electron chi connectivity index (χ1n) is 7.87. The van der Waals surface area contributed by atoms with E-state index in [0.29, 0.717) is 6.42 Å². The third-order valence-corrected chi connectivity index (χ3v) is 5.03. The summed E-state index contributed by atoms with van der Waals surface area (Å²) >= 11 is 3.50. The number of hydrogen-bond donors (Lipinski definition) is 2. The number of benzene rings is 1. The molecule has 22 heavy (non-hydrogen) atoms. The van der Waals surface area contributed by atoms with Gasteiger partial charge in [-0.2, -0.15) is 0 Å². The van der Waals surface area contributed by atoms with E-state index in [2.05, 4.69) is 51.7 Å². The van der Waals surface area contributed by atoms with Crippen LogP contribution in [0.1, 0.15) is 36.8 Å². The van der Waals surface area contributed by atoms with Crippen molar-refractivity contribution in [1.82, 2.24) is 10.6 Å². The maximum Gasteiger partial charge on any atom is 0.220 e. The van der Waals surface area contributed by atoms with Crippen LogP contribution in [0.25, 0.3) is 0 Å². The lowest BCUT2D eigenvalue weighted by Crippen LogP contribution is -2.33. The molecule has 2 rings (SSSR count). The van der Waals surface area contributed by atoms with Gasteiger partial charge in [-0.25, -0.2) is 0 Å². The van der Waals surface area contributed by atoms with Gasteiger partial charge in [0, 0.05) is 17.4 Å². The standard InChI is InChI=1S/C17H25BrN2O.ClH/c1-13-11-14(4-6-16(13)18)5-7-17(21)20-10-8-15-3-2-9-19-12-15;/h4,6,11,15,19H,2-3,5,7-10,12H2,1H3,(H,20,21);1H. The number of carbonyl (C=O) groups is 1. The number of rotatable bonds is 6. The van der Waals surface area contributed by atoms with Crippen molar-refractivity contribution in [3.8, 4) is 0 Å². The molecule has 124 valence electrons. The van der Waals surface area contributed by atoms with Crippen LogP contribution in [0.2, 0.25) is 0 Å². The maximum atomic E-state index is 11.9. The van der Waals surface area contributed by atoms with E-state index in [4.69, 9.17) is 0 Å². The van der Waals surface area contributed by atoms with Crippen LogP contribution in [0.5, 0.6) is 0 Å². The van der Waals surface area contributed by atoms with Crippen LogP contribution in [0.4, 0.5) is 0 Å². The predicted molar refractivity (Wildman–Crippen MR) is 97.7 cm³/mol. The minimum atomic E-state index is 0. The van der Waals surface area contributed by atoms with E-state index in [-0.39, 0.29) is 18.3 Å². The number of hydrogen-bond acceptors (Lipinski definition) is 2. The van der Waals surface area contributed by atoms with Gasteiger partial charge < -0.3 is 10.6 Å². The highest BCUT2D eigenvalue weighted by molar-refractivity contribution is 9.10. The molecule has 1 aliphatic rings. The smallest absolute Gasteiger partial charge is 0.220 e. The maximum absolute atomic E-state index is 11.9. The van der Waals surface area contributed by atoms with E-state index in [0.717, 1.165) is 42.9 Å². The molecule has 1 aromatic rings. The van der Waals surface area contributed by atoms with Crippen molar-refractivity contribution in [3.63, 3.8) is 0 Å². The lowest BCUT2D eigenvalue weighted by molar-refractivity contribution is -0.121. The van der Waals surface area contributed by atoms with Crippen molar-refractivity contribution in [1.29, 1.82) is 0 Å². The van der Waals surface area contributed by atoms with Gasteiger partial charge >= 0.3 is 0 Å². The van der Waals surface area contributed by atoms with E-state index in [1.807, 2.05) is 0 Å². The van der Waals surface area contributed by atoms with Crippen molar-refractivity contribution in [2.75, 3.05) is 19.6 Å². The minimum Gasteiger partial charge on any atom is -0.356 e. The number of piperidine rings is 1. The van der Waals surface area contributed by atoms with Crippen LogP contribution < -0.4 is 10.6 Å². The molecule has 0 radical (unpaired) electrons. The van der Waals surface area contributed by atoms with Gasteiger partial charge in [0.2, 0.25) is 5.91 Å². The summed E-state index contributed by atoms with van der Waals surface area (Å²) in [5, 5.41) is 6.46. The second-order valence-electron chi connectivity index (χ2n) is 5.93. The largest absolute Gasteiger partial charge is 0.356 e. The Morgan fingerprint density at radius 2 is 2.27 bits per heavy atom. The molecule has 1 heterocycles. The van der Waals surface area contributed by atoms with Crippen LogP contribution >= 0.6 is 28.3 Å². The molecule has 1 saturated heterocycles. The van der Waals surface area contributed by atoms with Crippen molar-refractivity contribution in [3.05, 3.63) is 33.8 Å². The van der Waals surface area contributed by atoms with Gasteiger partial charge in [0.15, 0.2) is 0 Å². The Labute approximate surface area is 148 Å². The summed E-state index contributed by atoms with van der Waals surface area (Å²) in [6.45, 7) is 5.14. The molecule has 3 nitrogen and oxygen atoms in total. The van der Waals surface area contributed by atoms with Crippen LogP contribution in [0.15, 0.2) is 22.7 Å². The summed E-state index contributed by atoms with van der Waals surface area (Å²) in [5.41, 5.74) is 2.44. The number of amides is 1. The zero-order valence-electron chi connectivity index (χ0n) is 13.2. The van der Waals surface area contributed by atoms with Gasteiger partial charge in [0.25, 0.3) is 0 Å². The molecule has 0 aromatic heterocycles. The molecular formula is C17H26BrClN2O. The van der Waals surface area contributed by atoms with Crippen molar-refractivity contribution in [2.45, 2.75) is 39.0 Å². The van der Waals surface area contributed by atoms with Crippen LogP contribution in [-0.2, 0) is 11.2 Å². The van der Waals surface area contributed by atoms with Gasteiger partial charge in [-0.05, 0) is 68.8 Å². The second-order valence-corrected chi connectivity index (χ2v) is 6.79. The van der Waals surface area contributed by atoms with Gasteiger partial charge in [0.05, 0.1) is 0 Å². The van der Waals surface area contributed by atoms with Crippen LogP contribution in [0, 0.1) is 12.8 Å². The number of carbonyl (C=O) groups excluding carboxylic acids is 1. The highest BCUT2D eigenvalue weighted by Gasteiger charge is 2.12. The lowest BCUT2D eigenvalue weighted by atomic mass is 9.96. The average Bonchev–Trinajstić information content (AvgIpc) is 2.49. The Kier molecular flexibility index (Phi) is 9.06. The van der Waals surface area contributed by atoms with Crippen molar-refractivity contribution < 1.29 is 4.79 Å². The molecule has 1 amide bonds. The minimum absolute atomic E-state index is 0. The fraction of sp³-hybridized carbons (Fsp3) is 0.588. The van der Waals surface area contributed by atoms with Crippen molar-refractivity contribution in [2.24, 2.45) is 5.92 Å². The molecule has 1 atom stereocenters. The van der Waals surface area contributed by atoms with E-state index in [1.165, 1.54) is 24.0 Å². The molecule has 0 bridgehead atoms. The zero-order valence-corrected chi connectivity index (χ0v) is 15.6. The van der Waals surface area contributed by atoms with E-state index in [1.54, 1.807) is 0 Å². The Balaban J connectivity index is 0.00000242. The average molecular weight is 390 g/mol. The first-order valence-corrected chi connectivity index (χ1v) is 8.67. The van der Waals surface area contributed by atoms with Gasteiger partial charge in [-0.1, -0.05) is 28.1 Å². The molecule has 1 aromatic carbocycles. The second kappa shape index (κ2) is 10.2. The molecule has 0 saturated carbocycles. The predicted octanol–water partition coefficient (Wildman–Crippen LogP) is 3.62.